The van der Waals surface area contributed by atoms with E-state index in [0.717, 1.165) is 5.56 Å². The number of amides is 1. The van der Waals surface area contributed by atoms with E-state index >= 15 is 0 Å². The number of thioether (sulfide) groups is 1. The molecule has 0 saturated carbocycles. The van der Waals surface area contributed by atoms with Crippen LogP contribution in [0.3, 0.4) is 0 Å². The number of aryl methyl sites for hydroxylation is 1. The van der Waals surface area contributed by atoms with Crippen LogP contribution < -0.4 is 15.6 Å². The summed E-state index contributed by atoms with van der Waals surface area (Å²) >= 11 is 7.44. The molecule has 28 heavy (non-hydrogen) atoms. The molecule has 1 atom stereocenters. The minimum absolute atomic E-state index is 0.154. The lowest BCUT2D eigenvalue weighted by Crippen LogP contribution is -2.29. The van der Waals surface area contributed by atoms with Crippen molar-refractivity contribution in [3.63, 3.8) is 0 Å². The summed E-state index contributed by atoms with van der Waals surface area (Å²) in [6.07, 6.45) is 0. The molecule has 3 aromatic rings. The standard InChI is InChI=1S/C20H20ClN3O3S/c1-11-9-16(17(27-4)10-14(11)21)24-19(26)13-7-5-6-8-15(13)23-20(24)28-12(2)18(25)22-3/h5-10,12H,1-4H3,(H,22,25)/t12-/m1/s1. The number of hydrogen-bond acceptors (Lipinski definition) is 5. The average molecular weight is 418 g/mol. The van der Waals surface area contributed by atoms with Gasteiger partial charge < -0.3 is 10.1 Å². The Morgan fingerprint density at radius 1 is 1.32 bits per heavy atom. The van der Waals surface area contributed by atoms with E-state index in [2.05, 4.69) is 10.3 Å². The zero-order chi connectivity index (χ0) is 20.4. The first-order valence-corrected chi connectivity index (χ1v) is 9.87. The van der Waals surface area contributed by atoms with E-state index in [1.54, 1.807) is 44.3 Å². The third kappa shape index (κ3) is 3.72. The largest absolute Gasteiger partial charge is 0.495 e. The molecule has 0 unspecified atom stereocenters. The van der Waals surface area contributed by atoms with Crippen LogP contribution in [0.2, 0.25) is 5.02 Å². The predicted octanol–water partition coefficient (Wildman–Crippen LogP) is 3.58. The van der Waals surface area contributed by atoms with Crippen molar-refractivity contribution >= 4 is 40.2 Å². The van der Waals surface area contributed by atoms with Crippen molar-refractivity contribution in [2.24, 2.45) is 0 Å². The van der Waals surface area contributed by atoms with Crippen molar-refractivity contribution in [1.29, 1.82) is 0 Å². The molecular formula is C20H20ClN3O3S. The Bertz CT molecular complexity index is 1110. The van der Waals surface area contributed by atoms with E-state index in [1.807, 2.05) is 13.0 Å². The molecule has 0 radical (unpaired) electrons. The van der Waals surface area contributed by atoms with E-state index in [9.17, 15) is 9.59 Å². The summed E-state index contributed by atoms with van der Waals surface area (Å²) in [4.78, 5) is 30.1. The second-order valence-corrected chi connectivity index (χ2v) is 7.91. The minimum atomic E-state index is -0.441. The second-order valence-electron chi connectivity index (χ2n) is 6.20. The van der Waals surface area contributed by atoms with Crippen LogP contribution in [0.4, 0.5) is 0 Å². The van der Waals surface area contributed by atoms with Gasteiger partial charge in [-0.15, -0.1) is 0 Å². The molecule has 0 aliphatic heterocycles. The third-order valence-electron chi connectivity index (χ3n) is 4.34. The number of ether oxygens (including phenoxy) is 1. The second kappa shape index (κ2) is 8.24. The zero-order valence-corrected chi connectivity index (χ0v) is 17.5. The summed E-state index contributed by atoms with van der Waals surface area (Å²) in [5.41, 5.74) is 1.66. The first-order chi connectivity index (χ1) is 13.4. The zero-order valence-electron chi connectivity index (χ0n) is 15.9. The van der Waals surface area contributed by atoms with Crippen molar-refractivity contribution < 1.29 is 9.53 Å². The number of benzene rings is 2. The van der Waals surface area contributed by atoms with Crippen molar-refractivity contribution in [3.05, 3.63) is 57.3 Å². The minimum Gasteiger partial charge on any atom is -0.495 e. The Morgan fingerprint density at radius 2 is 2.04 bits per heavy atom. The molecule has 0 aliphatic rings. The Morgan fingerprint density at radius 3 is 2.71 bits per heavy atom. The molecule has 0 aliphatic carbocycles. The first-order valence-electron chi connectivity index (χ1n) is 8.62. The lowest BCUT2D eigenvalue weighted by Gasteiger charge is -2.18. The fourth-order valence-corrected chi connectivity index (χ4v) is 3.94. The van der Waals surface area contributed by atoms with Gasteiger partial charge >= 0.3 is 0 Å². The number of rotatable bonds is 5. The summed E-state index contributed by atoms with van der Waals surface area (Å²) in [7, 11) is 3.09. The smallest absolute Gasteiger partial charge is 0.266 e. The maximum Gasteiger partial charge on any atom is 0.266 e. The van der Waals surface area contributed by atoms with Crippen molar-refractivity contribution in [1.82, 2.24) is 14.9 Å². The monoisotopic (exact) mass is 417 g/mol. The van der Waals surface area contributed by atoms with Gasteiger partial charge in [-0.05, 0) is 37.6 Å². The van der Waals surface area contributed by atoms with E-state index in [4.69, 9.17) is 16.3 Å². The fraction of sp³-hybridized carbons (Fsp3) is 0.250. The molecule has 1 heterocycles. The van der Waals surface area contributed by atoms with Gasteiger partial charge in [0.1, 0.15) is 5.75 Å². The number of para-hydroxylation sites is 1. The number of nitrogens with one attached hydrogen (secondary N) is 1. The normalized spacial score (nSPS) is 12.0. The fourth-order valence-electron chi connectivity index (χ4n) is 2.81. The van der Waals surface area contributed by atoms with Crippen molar-refractivity contribution in [2.45, 2.75) is 24.3 Å². The van der Waals surface area contributed by atoms with Crippen LogP contribution in [-0.2, 0) is 4.79 Å². The quantitative estimate of drug-likeness (QED) is 0.507. The maximum absolute atomic E-state index is 13.4. The van der Waals surface area contributed by atoms with Gasteiger partial charge in [-0.1, -0.05) is 35.5 Å². The molecule has 1 N–H and O–H groups in total. The van der Waals surface area contributed by atoms with E-state index < -0.39 is 5.25 Å². The van der Waals surface area contributed by atoms with Gasteiger partial charge in [0.2, 0.25) is 5.91 Å². The number of carbonyl (C=O) groups excluding carboxylic acids is 1. The number of hydrogen-bond donors (Lipinski definition) is 1. The van der Waals surface area contributed by atoms with Gasteiger partial charge in [0.25, 0.3) is 5.56 Å². The molecule has 0 bridgehead atoms. The van der Waals surface area contributed by atoms with Gasteiger partial charge in [0, 0.05) is 18.1 Å². The topological polar surface area (TPSA) is 73.2 Å². The highest BCUT2D eigenvalue weighted by atomic mass is 35.5. The SMILES string of the molecule is CNC(=O)[C@@H](C)Sc1nc2ccccc2c(=O)n1-c1cc(C)c(Cl)cc1OC. The van der Waals surface area contributed by atoms with Crippen molar-refractivity contribution in [3.8, 4) is 11.4 Å². The highest BCUT2D eigenvalue weighted by Gasteiger charge is 2.21. The lowest BCUT2D eigenvalue weighted by molar-refractivity contribution is -0.119. The predicted molar refractivity (Wildman–Crippen MR) is 113 cm³/mol. The third-order valence-corrected chi connectivity index (χ3v) is 5.80. The van der Waals surface area contributed by atoms with Gasteiger partial charge in [-0.2, -0.15) is 0 Å². The average Bonchev–Trinajstić information content (AvgIpc) is 2.69. The van der Waals surface area contributed by atoms with Crippen LogP contribution in [0.15, 0.2) is 46.3 Å². The highest BCUT2D eigenvalue weighted by molar-refractivity contribution is 8.00. The summed E-state index contributed by atoms with van der Waals surface area (Å²) in [5.74, 6) is 0.294. The Hall–Kier alpha value is -2.51. The Labute approximate surface area is 171 Å². The first kappa shape index (κ1) is 20.2. The number of halogens is 1. The van der Waals surface area contributed by atoms with Crippen LogP contribution in [0.1, 0.15) is 12.5 Å². The molecule has 0 fully saturated rings. The van der Waals surface area contributed by atoms with Gasteiger partial charge in [0.15, 0.2) is 5.16 Å². The van der Waals surface area contributed by atoms with Crippen LogP contribution in [-0.4, -0.2) is 34.9 Å². The van der Waals surface area contributed by atoms with Crippen LogP contribution in [0, 0.1) is 6.92 Å². The lowest BCUT2D eigenvalue weighted by atomic mass is 10.2. The number of carbonyl (C=O) groups is 1. The van der Waals surface area contributed by atoms with Crippen LogP contribution in [0.5, 0.6) is 5.75 Å². The summed E-state index contributed by atoms with van der Waals surface area (Å²) < 4.78 is 6.95. The number of methoxy groups -OCH3 is 1. The summed E-state index contributed by atoms with van der Waals surface area (Å²) in [6.45, 7) is 3.62. The molecule has 1 aromatic heterocycles. The molecule has 8 heteroatoms. The molecule has 146 valence electrons. The molecule has 0 saturated heterocycles. The maximum atomic E-state index is 13.4. The molecular weight excluding hydrogens is 398 g/mol. The Balaban J connectivity index is 2.33. The molecule has 0 spiro atoms. The number of fused-ring (bicyclic) bond motifs is 1. The van der Waals surface area contributed by atoms with Gasteiger partial charge in [-0.25, -0.2) is 4.98 Å². The molecule has 1 amide bonds. The number of nitrogens with zero attached hydrogens (tertiary/aromatic N) is 2. The summed E-state index contributed by atoms with van der Waals surface area (Å²) in [5, 5.41) is 3.60. The molecule has 2 aromatic carbocycles. The highest BCUT2D eigenvalue weighted by Crippen LogP contribution is 2.32. The van der Waals surface area contributed by atoms with Gasteiger partial charge in [-0.3, -0.25) is 14.2 Å². The molecule has 3 rings (SSSR count). The number of aromatic nitrogens is 2. The van der Waals surface area contributed by atoms with E-state index in [1.165, 1.54) is 23.4 Å². The van der Waals surface area contributed by atoms with E-state index in [0.29, 0.717) is 32.5 Å². The van der Waals surface area contributed by atoms with Crippen molar-refractivity contribution in [2.75, 3.05) is 14.2 Å². The van der Waals surface area contributed by atoms with Crippen LogP contribution >= 0.6 is 23.4 Å². The molecule has 6 nitrogen and oxygen atoms in total. The van der Waals surface area contributed by atoms with E-state index in [-0.39, 0.29) is 11.5 Å². The van der Waals surface area contributed by atoms with Gasteiger partial charge in [0.05, 0.1) is 29.0 Å². The Kier molecular flexibility index (Phi) is 5.96. The summed E-state index contributed by atoms with van der Waals surface area (Å²) in [6, 6.07) is 10.6. The van der Waals surface area contributed by atoms with Crippen LogP contribution in [0.25, 0.3) is 16.6 Å².